The maximum atomic E-state index is 12.0. The summed E-state index contributed by atoms with van der Waals surface area (Å²) in [5.74, 6) is 1.35. The molecule has 1 aromatic rings. The molecule has 0 amide bonds. The lowest BCUT2D eigenvalue weighted by Gasteiger charge is -2.09. The van der Waals surface area contributed by atoms with E-state index in [0.717, 1.165) is 25.0 Å². The van der Waals surface area contributed by atoms with Crippen LogP contribution in [-0.4, -0.2) is 20.3 Å². The SMILES string of the molecule is CC(C)CCOc1ccc(S(=O)(=O)C2CC2)cc1. The van der Waals surface area contributed by atoms with Gasteiger partial charge in [-0.15, -0.1) is 0 Å². The summed E-state index contributed by atoms with van der Waals surface area (Å²) >= 11 is 0. The van der Waals surface area contributed by atoms with Gasteiger partial charge >= 0.3 is 0 Å². The van der Waals surface area contributed by atoms with Crippen LogP contribution in [0.3, 0.4) is 0 Å². The smallest absolute Gasteiger partial charge is 0.181 e. The highest BCUT2D eigenvalue weighted by Crippen LogP contribution is 2.33. The zero-order valence-electron chi connectivity index (χ0n) is 10.9. The van der Waals surface area contributed by atoms with Crippen LogP contribution < -0.4 is 4.74 Å². The molecule has 0 heterocycles. The van der Waals surface area contributed by atoms with Gasteiger partial charge in [0.15, 0.2) is 9.84 Å². The molecule has 0 saturated heterocycles. The average Bonchev–Trinajstić information content (AvgIpc) is 3.13. The molecule has 18 heavy (non-hydrogen) atoms. The number of hydrogen-bond donors (Lipinski definition) is 0. The highest BCUT2D eigenvalue weighted by molar-refractivity contribution is 7.92. The van der Waals surface area contributed by atoms with Crippen molar-refractivity contribution in [3.63, 3.8) is 0 Å². The molecule has 1 aromatic carbocycles. The van der Waals surface area contributed by atoms with Gasteiger partial charge in [-0.05, 0) is 49.4 Å². The van der Waals surface area contributed by atoms with E-state index < -0.39 is 9.84 Å². The van der Waals surface area contributed by atoms with E-state index in [1.807, 2.05) is 0 Å². The van der Waals surface area contributed by atoms with Crippen LogP contribution in [0.2, 0.25) is 0 Å². The van der Waals surface area contributed by atoms with E-state index in [0.29, 0.717) is 17.4 Å². The van der Waals surface area contributed by atoms with E-state index >= 15 is 0 Å². The Morgan fingerprint density at radius 2 is 1.83 bits per heavy atom. The van der Waals surface area contributed by atoms with Crippen molar-refractivity contribution in [2.24, 2.45) is 5.92 Å². The first-order valence-electron chi connectivity index (χ1n) is 6.47. The van der Waals surface area contributed by atoms with Crippen LogP contribution in [0.1, 0.15) is 33.1 Å². The number of sulfone groups is 1. The van der Waals surface area contributed by atoms with Gasteiger partial charge in [-0.1, -0.05) is 13.8 Å². The fourth-order valence-electron chi connectivity index (χ4n) is 1.71. The highest BCUT2D eigenvalue weighted by atomic mass is 32.2. The van der Waals surface area contributed by atoms with Gasteiger partial charge in [0, 0.05) is 0 Å². The van der Waals surface area contributed by atoms with Crippen LogP contribution in [-0.2, 0) is 9.84 Å². The molecule has 0 unspecified atom stereocenters. The Morgan fingerprint density at radius 3 is 2.33 bits per heavy atom. The maximum Gasteiger partial charge on any atom is 0.181 e. The molecule has 0 aliphatic heterocycles. The van der Waals surface area contributed by atoms with Crippen LogP contribution in [0, 0.1) is 5.92 Å². The number of benzene rings is 1. The Kier molecular flexibility index (Phi) is 3.95. The largest absolute Gasteiger partial charge is 0.494 e. The molecule has 0 atom stereocenters. The van der Waals surface area contributed by atoms with Gasteiger partial charge in [-0.25, -0.2) is 8.42 Å². The third-order valence-corrected chi connectivity index (χ3v) is 5.36. The Balaban J connectivity index is 1.97. The molecule has 0 N–H and O–H groups in total. The minimum atomic E-state index is -3.07. The molecule has 1 saturated carbocycles. The molecule has 3 nitrogen and oxygen atoms in total. The van der Waals surface area contributed by atoms with Crippen LogP contribution in [0.5, 0.6) is 5.75 Å². The van der Waals surface area contributed by atoms with Crippen LogP contribution >= 0.6 is 0 Å². The standard InChI is InChI=1S/C14H20O3S/c1-11(2)9-10-17-12-3-5-13(6-4-12)18(15,16)14-7-8-14/h3-6,11,14H,7-10H2,1-2H3. The number of hydrogen-bond acceptors (Lipinski definition) is 3. The first-order valence-corrected chi connectivity index (χ1v) is 8.01. The Hall–Kier alpha value is -1.03. The zero-order valence-corrected chi connectivity index (χ0v) is 11.7. The molecular formula is C14H20O3S. The molecular weight excluding hydrogens is 248 g/mol. The third-order valence-electron chi connectivity index (χ3n) is 3.08. The van der Waals surface area contributed by atoms with Crippen molar-refractivity contribution in [3.8, 4) is 5.75 Å². The van der Waals surface area contributed by atoms with E-state index in [4.69, 9.17) is 4.74 Å². The normalized spacial score (nSPS) is 15.9. The lowest BCUT2D eigenvalue weighted by atomic mass is 10.1. The van der Waals surface area contributed by atoms with Gasteiger partial charge in [-0.2, -0.15) is 0 Å². The van der Waals surface area contributed by atoms with E-state index in [9.17, 15) is 8.42 Å². The predicted molar refractivity (Wildman–Crippen MR) is 71.6 cm³/mol. The lowest BCUT2D eigenvalue weighted by Crippen LogP contribution is -2.07. The van der Waals surface area contributed by atoms with Crippen molar-refractivity contribution in [2.45, 2.75) is 43.3 Å². The number of ether oxygens (including phenoxy) is 1. The maximum absolute atomic E-state index is 12.0. The van der Waals surface area contributed by atoms with Gasteiger partial charge in [0.05, 0.1) is 16.8 Å². The summed E-state index contributed by atoms with van der Waals surface area (Å²) in [5, 5.41) is -0.148. The van der Waals surface area contributed by atoms with E-state index in [1.165, 1.54) is 0 Å². The van der Waals surface area contributed by atoms with Crippen LogP contribution in [0.4, 0.5) is 0 Å². The molecule has 2 rings (SSSR count). The summed E-state index contributed by atoms with van der Waals surface area (Å²) in [6.07, 6.45) is 2.60. The summed E-state index contributed by atoms with van der Waals surface area (Å²) in [6, 6.07) is 6.79. The molecule has 1 aliphatic carbocycles. The Bertz CT molecular complexity index is 484. The average molecular weight is 268 g/mol. The molecule has 1 aliphatic rings. The molecule has 0 bridgehead atoms. The summed E-state index contributed by atoms with van der Waals surface area (Å²) in [4.78, 5) is 0.418. The van der Waals surface area contributed by atoms with E-state index in [2.05, 4.69) is 13.8 Å². The first-order chi connectivity index (χ1) is 8.50. The molecule has 1 fully saturated rings. The van der Waals surface area contributed by atoms with Gasteiger partial charge in [0.2, 0.25) is 0 Å². The number of rotatable bonds is 6. The van der Waals surface area contributed by atoms with Crippen molar-refractivity contribution < 1.29 is 13.2 Å². The second-order valence-corrected chi connectivity index (χ2v) is 7.47. The van der Waals surface area contributed by atoms with Crippen molar-refractivity contribution in [1.82, 2.24) is 0 Å². The lowest BCUT2D eigenvalue weighted by molar-refractivity contribution is 0.289. The van der Waals surface area contributed by atoms with Crippen molar-refractivity contribution in [1.29, 1.82) is 0 Å². The third kappa shape index (κ3) is 3.25. The van der Waals surface area contributed by atoms with Crippen molar-refractivity contribution >= 4 is 9.84 Å². The molecule has 0 aromatic heterocycles. The van der Waals surface area contributed by atoms with Gasteiger partial charge in [-0.3, -0.25) is 0 Å². The fraction of sp³-hybridized carbons (Fsp3) is 0.571. The summed E-state index contributed by atoms with van der Waals surface area (Å²) in [5.41, 5.74) is 0. The predicted octanol–water partition coefficient (Wildman–Crippen LogP) is 3.05. The van der Waals surface area contributed by atoms with Crippen LogP contribution in [0.15, 0.2) is 29.2 Å². The van der Waals surface area contributed by atoms with Gasteiger partial charge < -0.3 is 4.74 Å². The van der Waals surface area contributed by atoms with E-state index in [1.54, 1.807) is 24.3 Å². The fourth-order valence-corrected chi connectivity index (χ4v) is 3.37. The minimum Gasteiger partial charge on any atom is -0.494 e. The monoisotopic (exact) mass is 268 g/mol. The first kappa shape index (κ1) is 13.4. The second kappa shape index (κ2) is 5.31. The second-order valence-electron chi connectivity index (χ2n) is 5.25. The van der Waals surface area contributed by atoms with Crippen molar-refractivity contribution in [2.75, 3.05) is 6.61 Å². The minimum absolute atomic E-state index is 0.148. The summed E-state index contributed by atoms with van der Waals surface area (Å²) < 4.78 is 29.5. The zero-order chi connectivity index (χ0) is 13.2. The van der Waals surface area contributed by atoms with E-state index in [-0.39, 0.29) is 5.25 Å². The quantitative estimate of drug-likeness (QED) is 0.796. The molecule has 0 spiro atoms. The molecule has 4 heteroatoms. The van der Waals surface area contributed by atoms with Gasteiger partial charge in [0.25, 0.3) is 0 Å². The Labute approximate surface area is 109 Å². The molecule has 0 radical (unpaired) electrons. The topological polar surface area (TPSA) is 43.4 Å². The highest BCUT2D eigenvalue weighted by Gasteiger charge is 2.36. The molecule has 100 valence electrons. The van der Waals surface area contributed by atoms with Crippen LogP contribution in [0.25, 0.3) is 0 Å². The Morgan fingerprint density at radius 1 is 1.22 bits per heavy atom. The summed E-state index contributed by atoms with van der Waals surface area (Å²) in [6.45, 7) is 4.97. The van der Waals surface area contributed by atoms with Gasteiger partial charge in [0.1, 0.15) is 5.75 Å². The van der Waals surface area contributed by atoms with Crippen molar-refractivity contribution in [3.05, 3.63) is 24.3 Å². The summed E-state index contributed by atoms with van der Waals surface area (Å²) in [7, 11) is -3.07.